The molecule has 36 heavy (non-hydrogen) atoms. The summed E-state index contributed by atoms with van der Waals surface area (Å²) >= 11 is 0. The highest BCUT2D eigenvalue weighted by Gasteiger charge is 2.23. The Morgan fingerprint density at radius 1 is 0.722 bits per heavy atom. The van der Waals surface area contributed by atoms with Gasteiger partial charge < -0.3 is 19.1 Å². The van der Waals surface area contributed by atoms with E-state index in [1.54, 1.807) is 14.2 Å². The van der Waals surface area contributed by atoms with Crippen molar-refractivity contribution in [3.05, 3.63) is 90.5 Å². The summed E-state index contributed by atoms with van der Waals surface area (Å²) in [5.74, 6) is 2.61. The van der Waals surface area contributed by atoms with Gasteiger partial charge in [-0.2, -0.15) is 0 Å². The quantitative estimate of drug-likeness (QED) is 0.247. The predicted molar refractivity (Wildman–Crippen MR) is 147 cm³/mol. The third kappa shape index (κ3) is 5.50. The molecule has 0 saturated carbocycles. The summed E-state index contributed by atoms with van der Waals surface area (Å²) in [6, 6.07) is 29.3. The van der Waals surface area contributed by atoms with Crippen molar-refractivity contribution in [1.82, 2.24) is 4.90 Å². The molecule has 0 aromatic heterocycles. The SMILES string of the molecule is COc1ccc(-c2ccc3cc(OC)ccc3c2C(CCN2CCCCC2)Oc2ccccc2)cc1. The molecule has 186 valence electrons. The average Bonchev–Trinajstić information content (AvgIpc) is 2.95. The van der Waals surface area contributed by atoms with Gasteiger partial charge in [-0.25, -0.2) is 0 Å². The number of fused-ring (bicyclic) bond motifs is 1. The van der Waals surface area contributed by atoms with Gasteiger partial charge in [0.1, 0.15) is 23.4 Å². The fourth-order valence-corrected chi connectivity index (χ4v) is 5.24. The summed E-state index contributed by atoms with van der Waals surface area (Å²) in [6.45, 7) is 3.37. The Labute approximate surface area is 214 Å². The van der Waals surface area contributed by atoms with Crippen LogP contribution in [-0.2, 0) is 0 Å². The Bertz CT molecular complexity index is 1260. The van der Waals surface area contributed by atoms with Gasteiger partial charge >= 0.3 is 0 Å². The van der Waals surface area contributed by atoms with E-state index in [9.17, 15) is 0 Å². The summed E-state index contributed by atoms with van der Waals surface area (Å²) < 4.78 is 17.7. The molecule has 0 radical (unpaired) electrons. The molecule has 1 saturated heterocycles. The Balaban J connectivity index is 1.61. The number of rotatable bonds is 9. The summed E-state index contributed by atoms with van der Waals surface area (Å²) in [4.78, 5) is 2.59. The molecule has 1 unspecified atom stereocenters. The lowest BCUT2D eigenvalue weighted by molar-refractivity contribution is 0.154. The van der Waals surface area contributed by atoms with Crippen LogP contribution < -0.4 is 14.2 Å². The summed E-state index contributed by atoms with van der Waals surface area (Å²) in [7, 11) is 3.42. The minimum Gasteiger partial charge on any atom is -0.497 e. The third-order valence-electron chi connectivity index (χ3n) is 7.17. The molecule has 4 aromatic rings. The number of likely N-dealkylation sites (tertiary alicyclic amines) is 1. The number of nitrogens with zero attached hydrogens (tertiary/aromatic N) is 1. The second-order valence-electron chi connectivity index (χ2n) is 9.45. The molecule has 5 rings (SSSR count). The van der Waals surface area contributed by atoms with E-state index in [-0.39, 0.29) is 6.10 Å². The topological polar surface area (TPSA) is 30.9 Å². The maximum Gasteiger partial charge on any atom is 0.126 e. The predicted octanol–water partition coefficient (Wildman–Crippen LogP) is 7.52. The van der Waals surface area contributed by atoms with Crippen LogP contribution in [0.25, 0.3) is 21.9 Å². The van der Waals surface area contributed by atoms with E-state index in [0.717, 1.165) is 41.2 Å². The maximum absolute atomic E-state index is 6.78. The van der Waals surface area contributed by atoms with Gasteiger partial charge in [-0.3, -0.25) is 0 Å². The van der Waals surface area contributed by atoms with Crippen molar-refractivity contribution < 1.29 is 14.2 Å². The minimum atomic E-state index is -0.0940. The van der Waals surface area contributed by atoms with E-state index in [0.29, 0.717) is 0 Å². The van der Waals surface area contributed by atoms with Crippen LogP contribution >= 0.6 is 0 Å². The van der Waals surface area contributed by atoms with Crippen LogP contribution in [0.1, 0.15) is 37.4 Å². The van der Waals surface area contributed by atoms with E-state index in [2.05, 4.69) is 53.4 Å². The number of hydrogen-bond acceptors (Lipinski definition) is 4. The van der Waals surface area contributed by atoms with Crippen molar-refractivity contribution in [3.8, 4) is 28.4 Å². The Hall–Kier alpha value is -3.50. The maximum atomic E-state index is 6.78. The molecular formula is C32H35NO3. The molecule has 1 aliphatic heterocycles. The lowest BCUT2D eigenvalue weighted by Crippen LogP contribution is -2.32. The van der Waals surface area contributed by atoms with Crippen molar-refractivity contribution in [1.29, 1.82) is 0 Å². The van der Waals surface area contributed by atoms with Crippen molar-refractivity contribution in [2.24, 2.45) is 0 Å². The van der Waals surface area contributed by atoms with Crippen LogP contribution in [0, 0.1) is 0 Å². The van der Waals surface area contributed by atoms with Gasteiger partial charge in [0.15, 0.2) is 0 Å². The molecule has 0 bridgehead atoms. The molecule has 4 heteroatoms. The lowest BCUT2D eigenvalue weighted by Gasteiger charge is -2.30. The lowest BCUT2D eigenvalue weighted by atomic mass is 9.89. The zero-order chi connectivity index (χ0) is 24.7. The van der Waals surface area contributed by atoms with E-state index < -0.39 is 0 Å². The van der Waals surface area contributed by atoms with Gasteiger partial charge in [0.2, 0.25) is 0 Å². The molecule has 1 fully saturated rings. The van der Waals surface area contributed by atoms with Gasteiger partial charge in [0.25, 0.3) is 0 Å². The van der Waals surface area contributed by atoms with Gasteiger partial charge in [-0.05, 0) is 84.2 Å². The molecule has 0 aliphatic carbocycles. The molecule has 0 amide bonds. The summed E-state index contributed by atoms with van der Waals surface area (Å²) in [5, 5.41) is 2.35. The largest absolute Gasteiger partial charge is 0.497 e. The first kappa shape index (κ1) is 24.2. The van der Waals surface area contributed by atoms with E-state index >= 15 is 0 Å². The number of para-hydroxylation sites is 1. The standard InChI is InChI=1S/C32H35NO3/c1-34-26-14-11-24(12-15-26)29-17-13-25-23-28(35-2)16-18-30(25)32(29)31(36-27-9-5-3-6-10-27)19-22-33-20-7-4-8-21-33/h3,5-6,9-18,23,31H,4,7-8,19-22H2,1-2H3. The first-order chi connectivity index (χ1) is 17.7. The second-order valence-corrected chi connectivity index (χ2v) is 9.45. The van der Waals surface area contributed by atoms with Crippen LogP contribution in [0.15, 0.2) is 84.9 Å². The summed E-state index contributed by atoms with van der Waals surface area (Å²) in [6.07, 6.45) is 4.74. The van der Waals surface area contributed by atoms with Crippen LogP contribution in [-0.4, -0.2) is 38.8 Å². The van der Waals surface area contributed by atoms with Crippen LogP contribution in [0.2, 0.25) is 0 Å². The van der Waals surface area contributed by atoms with Crippen LogP contribution in [0.4, 0.5) is 0 Å². The van der Waals surface area contributed by atoms with Crippen LogP contribution in [0.3, 0.4) is 0 Å². The molecule has 4 nitrogen and oxygen atoms in total. The van der Waals surface area contributed by atoms with Gasteiger partial charge in [-0.15, -0.1) is 0 Å². The van der Waals surface area contributed by atoms with E-state index in [1.165, 1.54) is 48.9 Å². The van der Waals surface area contributed by atoms with E-state index in [1.807, 2.05) is 36.4 Å². The van der Waals surface area contributed by atoms with Crippen molar-refractivity contribution in [3.63, 3.8) is 0 Å². The van der Waals surface area contributed by atoms with Gasteiger partial charge in [-0.1, -0.05) is 55.0 Å². The normalized spacial score (nSPS) is 14.9. The van der Waals surface area contributed by atoms with E-state index in [4.69, 9.17) is 14.2 Å². The molecule has 0 spiro atoms. The molecule has 0 N–H and O–H groups in total. The number of benzene rings is 4. The van der Waals surface area contributed by atoms with Gasteiger partial charge in [0.05, 0.1) is 14.2 Å². The van der Waals surface area contributed by atoms with Crippen molar-refractivity contribution in [2.75, 3.05) is 33.9 Å². The monoisotopic (exact) mass is 481 g/mol. The molecular weight excluding hydrogens is 446 g/mol. The van der Waals surface area contributed by atoms with Crippen molar-refractivity contribution in [2.45, 2.75) is 31.8 Å². The highest BCUT2D eigenvalue weighted by molar-refractivity contribution is 5.93. The van der Waals surface area contributed by atoms with Gasteiger partial charge in [0, 0.05) is 18.5 Å². The van der Waals surface area contributed by atoms with Crippen LogP contribution in [0.5, 0.6) is 17.2 Å². The molecule has 1 atom stereocenters. The first-order valence-electron chi connectivity index (χ1n) is 12.9. The number of piperidine rings is 1. The average molecular weight is 482 g/mol. The fourth-order valence-electron chi connectivity index (χ4n) is 5.24. The number of ether oxygens (including phenoxy) is 3. The highest BCUT2D eigenvalue weighted by atomic mass is 16.5. The second kappa shape index (κ2) is 11.5. The smallest absolute Gasteiger partial charge is 0.126 e. The zero-order valence-electron chi connectivity index (χ0n) is 21.3. The molecule has 4 aromatic carbocycles. The molecule has 1 aliphatic rings. The Morgan fingerprint density at radius 2 is 1.44 bits per heavy atom. The summed E-state index contributed by atoms with van der Waals surface area (Å²) in [5.41, 5.74) is 3.57. The zero-order valence-corrected chi connectivity index (χ0v) is 21.3. The number of methoxy groups -OCH3 is 2. The Morgan fingerprint density at radius 3 is 2.17 bits per heavy atom. The minimum absolute atomic E-state index is 0.0940. The van der Waals surface area contributed by atoms with Crippen molar-refractivity contribution >= 4 is 10.8 Å². The molecule has 1 heterocycles. The first-order valence-corrected chi connectivity index (χ1v) is 12.9. The number of hydrogen-bond donors (Lipinski definition) is 0. The highest BCUT2D eigenvalue weighted by Crippen LogP contribution is 2.40. The third-order valence-corrected chi connectivity index (χ3v) is 7.17. The Kier molecular flexibility index (Phi) is 7.73. The fraction of sp³-hybridized carbons (Fsp3) is 0.312.